The molecule has 0 aliphatic rings. The highest BCUT2D eigenvalue weighted by Gasteiger charge is 2.13. The normalized spacial score (nSPS) is 10.1. The third-order valence-electron chi connectivity index (χ3n) is 2.75. The first kappa shape index (κ1) is 12.7. The summed E-state index contributed by atoms with van der Waals surface area (Å²) in [5, 5.41) is 9.24. The van der Waals surface area contributed by atoms with Gasteiger partial charge < -0.3 is 9.32 Å². The Morgan fingerprint density at radius 1 is 1.33 bits per heavy atom. The quantitative estimate of drug-likeness (QED) is 0.859. The summed E-state index contributed by atoms with van der Waals surface area (Å²) in [5.41, 5.74) is 1.58. The van der Waals surface area contributed by atoms with Gasteiger partial charge in [0.15, 0.2) is 0 Å². The van der Waals surface area contributed by atoms with Crippen molar-refractivity contribution < 1.29 is 4.42 Å². The van der Waals surface area contributed by atoms with Gasteiger partial charge in [-0.05, 0) is 47.1 Å². The van der Waals surface area contributed by atoms with Gasteiger partial charge in [-0.2, -0.15) is 5.26 Å². The van der Waals surface area contributed by atoms with E-state index in [2.05, 4.69) is 33.8 Å². The van der Waals surface area contributed by atoms with Crippen molar-refractivity contribution in [2.24, 2.45) is 0 Å². The Bertz CT molecular complexity index is 558. The molecule has 0 aliphatic carbocycles. The molecule has 0 N–H and O–H groups in total. The lowest BCUT2D eigenvalue weighted by Crippen LogP contribution is -2.22. The molecule has 18 heavy (non-hydrogen) atoms. The third kappa shape index (κ3) is 2.57. The maximum atomic E-state index is 9.24. The first-order valence-corrected chi connectivity index (χ1v) is 6.51. The van der Waals surface area contributed by atoms with Gasteiger partial charge in [-0.3, -0.25) is 0 Å². The molecule has 0 unspecified atom stereocenters. The Hall–Kier alpha value is -1.73. The van der Waals surface area contributed by atoms with E-state index in [-0.39, 0.29) is 0 Å². The second-order valence-corrected chi connectivity index (χ2v) is 4.69. The average Bonchev–Trinajstić information content (AvgIpc) is 2.88. The van der Waals surface area contributed by atoms with Gasteiger partial charge in [0.25, 0.3) is 0 Å². The number of hydrogen-bond acceptors (Lipinski definition) is 3. The molecule has 92 valence electrons. The summed E-state index contributed by atoms with van der Waals surface area (Å²) < 4.78 is 6.17. The summed E-state index contributed by atoms with van der Waals surface area (Å²) in [7, 11) is 0. The largest absolute Gasteiger partial charge is 0.467 e. The van der Waals surface area contributed by atoms with Crippen molar-refractivity contribution in [1.29, 1.82) is 5.26 Å². The molecule has 0 bridgehead atoms. The topological polar surface area (TPSA) is 40.2 Å². The predicted molar refractivity (Wildman–Crippen MR) is 74.3 cm³/mol. The Morgan fingerprint density at radius 3 is 2.78 bits per heavy atom. The Kier molecular flexibility index (Phi) is 4.06. The summed E-state index contributed by atoms with van der Waals surface area (Å²) in [6, 6.07) is 11.8. The average molecular weight is 305 g/mol. The minimum absolute atomic E-state index is 0.658. The van der Waals surface area contributed by atoms with Crippen LogP contribution >= 0.6 is 15.9 Å². The number of halogens is 1. The molecular weight excluding hydrogens is 292 g/mol. The van der Waals surface area contributed by atoms with Crippen LogP contribution in [0, 0.1) is 11.3 Å². The standard InChI is InChI=1S/C14H13BrN2O/c1-2-17(10-11-5-4-8-18-11)14-7-3-6-13(15)12(14)9-16/h3-8H,2,10H2,1H3. The molecule has 0 spiro atoms. The predicted octanol–water partition coefficient (Wildman–Crippen LogP) is 3.94. The number of nitriles is 1. The van der Waals surface area contributed by atoms with Crippen LogP contribution in [-0.2, 0) is 6.54 Å². The van der Waals surface area contributed by atoms with E-state index in [1.807, 2.05) is 30.3 Å². The van der Waals surface area contributed by atoms with Crippen LogP contribution < -0.4 is 4.90 Å². The SMILES string of the molecule is CCN(Cc1ccco1)c1cccc(Br)c1C#N. The van der Waals surface area contributed by atoms with Gasteiger partial charge in [-0.25, -0.2) is 0 Å². The smallest absolute Gasteiger partial charge is 0.123 e. The van der Waals surface area contributed by atoms with E-state index in [0.717, 1.165) is 22.5 Å². The van der Waals surface area contributed by atoms with E-state index in [4.69, 9.17) is 4.42 Å². The molecule has 0 saturated heterocycles. The fourth-order valence-electron chi connectivity index (χ4n) is 1.84. The van der Waals surface area contributed by atoms with E-state index in [1.165, 1.54) is 0 Å². The van der Waals surface area contributed by atoms with E-state index in [1.54, 1.807) is 6.26 Å². The Balaban J connectivity index is 2.33. The first-order valence-electron chi connectivity index (χ1n) is 5.72. The van der Waals surface area contributed by atoms with Crippen LogP contribution in [0.5, 0.6) is 0 Å². The molecule has 0 radical (unpaired) electrons. The molecule has 4 heteroatoms. The molecule has 0 atom stereocenters. The number of rotatable bonds is 4. The lowest BCUT2D eigenvalue weighted by Gasteiger charge is -2.23. The van der Waals surface area contributed by atoms with Crippen molar-refractivity contribution in [1.82, 2.24) is 0 Å². The van der Waals surface area contributed by atoms with Gasteiger partial charge in [-0.1, -0.05) is 6.07 Å². The zero-order valence-corrected chi connectivity index (χ0v) is 11.6. The van der Waals surface area contributed by atoms with Crippen molar-refractivity contribution >= 4 is 21.6 Å². The summed E-state index contributed by atoms with van der Waals surface area (Å²) in [6.07, 6.45) is 1.66. The number of nitrogens with zero attached hydrogens (tertiary/aromatic N) is 2. The van der Waals surface area contributed by atoms with Crippen molar-refractivity contribution in [3.05, 3.63) is 52.4 Å². The number of anilines is 1. The third-order valence-corrected chi connectivity index (χ3v) is 3.41. The van der Waals surface area contributed by atoms with Gasteiger partial charge in [0.1, 0.15) is 11.8 Å². The van der Waals surface area contributed by atoms with Crippen molar-refractivity contribution in [3.63, 3.8) is 0 Å². The van der Waals surface area contributed by atoms with Crippen LogP contribution in [0.1, 0.15) is 18.2 Å². The maximum Gasteiger partial charge on any atom is 0.123 e. The van der Waals surface area contributed by atoms with Crippen LogP contribution in [0.15, 0.2) is 45.5 Å². The monoisotopic (exact) mass is 304 g/mol. The molecule has 0 aliphatic heterocycles. The lowest BCUT2D eigenvalue weighted by molar-refractivity contribution is 0.503. The minimum Gasteiger partial charge on any atom is -0.467 e. The van der Waals surface area contributed by atoms with E-state index < -0.39 is 0 Å². The summed E-state index contributed by atoms with van der Waals surface area (Å²) in [6.45, 7) is 3.53. The van der Waals surface area contributed by atoms with Crippen molar-refractivity contribution in [2.75, 3.05) is 11.4 Å². The second-order valence-electron chi connectivity index (χ2n) is 3.84. The molecule has 2 rings (SSSR count). The van der Waals surface area contributed by atoms with E-state index in [9.17, 15) is 5.26 Å². The van der Waals surface area contributed by atoms with Crippen molar-refractivity contribution in [2.45, 2.75) is 13.5 Å². The highest BCUT2D eigenvalue weighted by atomic mass is 79.9. The zero-order valence-electron chi connectivity index (χ0n) is 10.1. The molecule has 1 aromatic heterocycles. The Labute approximate surface area is 115 Å². The van der Waals surface area contributed by atoms with Gasteiger partial charge >= 0.3 is 0 Å². The fraction of sp³-hybridized carbons (Fsp3) is 0.214. The number of hydrogen-bond donors (Lipinski definition) is 0. The fourth-order valence-corrected chi connectivity index (χ4v) is 2.29. The van der Waals surface area contributed by atoms with Gasteiger partial charge in [-0.15, -0.1) is 0 Å². The van der Waals surface area contributed by atoms with E-state index >= 15 is 0 Å². The van der Waals surface area contributed by atoms with Crippen molar-refractivity contribution in [3.8, 4) is 6.07 Å². The molecular formula is C14H13BrN2O. The van der Waals surface area contributed by atoms with Crippen LogP contribution in [0.2, 0.25) is 0 Å². The molecule has 0 fully saturated rings. The van der Waals surface area contributed by atoms with Crippen LogP contribution in [0.4, 0.5) is 5.69 Å². The zero-order chi connectivity index (χ0) is 13.0. The second kappa shape index (κ2) is 5.74. The molecule has 1 heterocycles. The summed E-state index contributed by atoms with van der Waals surface area (Å²) in [4.78, 5) is 2.11. The molecule has 0 saturated carbocycles. The highest BCUT2D eigenvalue weighted by Crippen LogP contribution is 2.28. The van der Waals surface area contributed by atoms with Gasteiger partial charge in [0.2, 0.25) is 0 Å². The molecule has 2 aromatic rings. The number of benzene rings is 1. The van der Waals surface area contributed by atoms with Gasteiger partial charge in [0, 0.05) is 11.0 Å². The Morgan fingerprint density at radius 2 is 2.17 bits per heavy atom. The maximum absolute atomic E-state index is 9.24. The lowest BCUT2D eigenvalue weighted by atomic mass is 10.1. The summed E-state index contributed by atoms with van der Waals surface area (Å²) in [5.74, 6) is 0.890. The van der Waals surface area contributed by atoms with Crippen LogP contribution in [0.3, 0.4) is 0 Å². The molecule has 3 nitrogen and oxygen atoms in total. The van der Waals surface area contributed by atoms with Crippen LogP contribution in [0.25, 0.3) is 0 Å². The van der Waals surface area contributed by atoms with Gasteiger partial charge in [0.05, 0.1) is 24.1 Å². The summed E-state index contributed by atoms with van der Waals surface area (Å²) >= 11 is 3.41. The number of furan rings is 1. The van der Waals surface area contributed by atoms with E-state index in [0.29, 0.717) is 12.1 Å². The molecule has 1 aromatic carbocycles. The highest BCUT2D eigenvalue weighted by molar-refractivity contribution is 9.10. The minimum atomic E-state index is 0.658. The molecule has 0 amide bonds. The first-order chi connectivity index (χ1) is 8.76. The van der Waals surface area contributed by atoms with Crippen LogP contribution in [-0.4, -0.2) is 6.54 Å².